The highest BCUT2D eigenvalue weighted by Crippen LogP contribution is 2.35. The Balaban J connectivity index is 3.52. The Labute approximate surface area is 214 Å². The second-order valence-corrected chi connectivity index (χ2v) is 13.2. The molecule has 0 radical (unpaired) electrons. The minimum absolute atomic E-state index is 0.892. The normalized spacial score (nSPS) is 24.4. The maximum Gasteiger partial charge on any atom is 0.523 e. The summed E-state index contributed by atoms with van der Waals surface area (Å²) in [6.07, 6.45) is -9.91. The largest absolute Gasteiger partial charge is 0.523 e. The van der Waals surface area contributed by atoms with Gasteiger partial charge in [0.1, 0.15) is 18.8 Å². The van der Waals surface area contributed by atoms with E-state index < -0.39 is 87.1 Å². The van der Waals surface area contributed by atoms with Gasteiger partial charge in [-0.1, -0.05) is 0 Å². The van der Waals surface area contributed by atoms with Crippen molar-refractivity contribution >= 4 is 28.0 Å². The summed E-state index contributed by atoms with van der Waals surface area (Å²) in [5.41, 5.74) is -9.30. The zero-order valence-corrected chi connectivity index (χ0v) is 23.0. The Kier molecular flexibility index (Phi) is 9.85. The van der Waals surface area contributed by atoms with Crippen LogP contribution in [0.5, 0.6) is 0 Å². The lowest BCUT2D eigenvalue weighted by Gasteiger charge is -2.31. The number of alkyl halides is 3. The summed E-state index contributed by atoms with van der Waals surface area (Å²) in [6, 6.07) is 0. The van der Waals surface area contributed by atoms with E-state index in [9.17, 15) is 41.1 Å². The number of aliphatic hydroxyl groups is 1. The first-order valence-electron chi connectivity index (χ1n) is 11.2. The molecular formula is C22H35F3O11S. The third-order valence-electron chi connectivity index (χ3n) is 4.83. The monoisotopic (exact) mass is 564 g/mol. The van der Waals surface area contributed by atoms with Crippen molar-refractivity contribution in [1.29, 1.82) is 0 Å². The average molecular weight is 565 g/mol. The summed E-state index contributed by atoms with van der Waals surface area (Å²) in [7, 11) is -6.28. The first-order chi connectivity index (χ1) is 16.3. The number of esters is 3. The van der Waals surface area contributed by atoms with Crippen LogP contribution in [0.1, 0.15) is 62.3 Å². The van der Waals surface area contributed by atoms with Gasteiger partial charge in [-0.25, -0.2) is 0 Å². The first-order valence-corrected chi connectivity index (χ1v) is 12.6. The Morgan fingerprint density at radius 3 is 1.59 bits per heavy atom. The Morgan fingerprint density at radius 2 is 1.22 bits per heavy atom. The van der Waals surface area contributed by atoms with E-state index >= 15 is 0 Å². The molecule has 0 aliphatic carbocycles. The summed E-state index contributed by atoms with van der Waals surface area (Å²) in [5.74, 6) is -2.76. The molecule has 2 unspecified atom stereocenters. The smallest absolute Gasteiger partial charge is 0.462 e. The highest BCUT2D eigenvalue weighted by Gasteiger charge is 2.57. The maximum atomic E-state index is 13.1. The maximum absolute atomic E-state index is 13.1. The lowest BCUT2D eigenvalue weighted by Crippen LogP contribution is -2.50. The molecule has 1 aliphatic rings. The Morgan fingerprint density at radius 1 is 0.811 bits per heavy atom. The molecular weight excluding hydrogens is 529 g/mol. The lowest BCUT2D eigenvalue weighted by atomic mass is 9.96. The van der Waals surface area contributed by atoms with Gasteiger partial charge in [-0.3, -0.25) is 18.6 Å². The van der Waals surface area contributed by atoms with Gasteiger partial charge in [0, 0.05) is 0 Å². The molecule has 216 valence electrons. The minimum atomic E-state index is -6.28. The van der Waals surface area contributed by atoms with Crippen molar-refractivity contribution in [2.75, 3.05) is 6.61 Å². The second kappa shape index (κ2) is 11.0. The van der Waals surface area contributed by atoms with Crippen LogP contribution in [0.15, 0.2) is 0 Å². The number of hydrogen-bond acceptors (Lipinski definition) is 11. The van der Waals surface area contributed by atoms with Gasteiger partial charge in [-0.2, -0.15) is 21.6 Å². The SMILES string of the molecule is CC(C)(C)C(=O)OCC(OS(=O)(=O)C(F)(F)F)[C@@H]1O[C@@H](O)C(OC(=O)C(C)(C)C)[C@H]1OC(=O)C(C)(C)C. The molecule has 0 bridgehead atoms. The number of hydrogen-bond donors (Lipinski definition) is 1. The third kappa shape index (κ3) is 8.79. The molecule has 1 aliphatic heterocycles. The highest BCUT2D eigenvalue weighted by atomic mass is 32.2. The molecule has 15 heteroatoms. The van der Waals surface area contributed by atoms with Gasteiger partial charge in [-0.15, -0.1) is 0 Å². The van der Waals surface area contributed by atoms with Gasteiger partial charge in [0.25, 0.3) is 0 Å². The summed E-state index contributed by atoms with van der Waals surface area (Å²) < 4.78 is 88.1. The number of aliphatic hydroxyl groups excluding tert-OH is 1. The molecule has 1 fully saturated rings. The van der Waals surface area contributed by atoms with Gasteiger partial charge in [0.2, 0.25) is 0 Å². The molecule has 0 amide bonds. The van der Waals surface area contributed by atoms with Crippen molar-refractivity contribution in [2.45, 2.75) is 98.5 Å². The number of ether oxygens (including phenoxy) is 4. The van der Waals surface area contributed by atoms with Crippen LogP contribution >= 0.6 is 0 Å². The predicted molar refractivity (Wildman–Crippen MR) is 120 cm³/mol. The van der Waals surface area contributed by atoms with E-state index in [0.717, 1.165) is 0 Å². The van der Waals surface area contributed by atoms with Crippen LogP contribution in [0.4, 0.5) is 13.2 Å². The molecule has 1 heterocycles. The van der Waals surface area contributed by atoms with E-state index in [0.29, 0.717) is 0 Å². The van der Waals surface area contributed by atoms with Gasteiger partial charge >= 0.3 is 33.5 Å². The Hall–Kier alpha value is -1.97. The standard InChI is InChI=1S/C22H35F3O11S/c1-19(2,3)16(27)32-10-11(36-37(30,31)22(23,24)25)12-13(34-17(28)20(4,5)6)14(15(26)33-12)35-18(29)21(7,8)9/h11-15,26H,10H2,1-9H3/t11?,12-,13-,14?,15+/m0/s1. The summed E-state index contributed by atoms with van der Waals surface area (Å²) in [5, 5.41) is 10.4. The third-order valence-corrected chi connectivity index (χ3v) is 5.89. The summed E-state index contributed by atoms with van der Waals surface area (Å²) >= 11 is 0. The minimum Gasteiger partial charge on any atom is -0.462 e. The number of rotatable bonds is 7. The van der Waals surface area contributed by atoms with Crippen LogP contribution in [-0.4, -0.2) is 74.3 Å². The first kappa shape index (κ1) is 33.1. The molecule has 0 aromatic heterocycles. The molecule has 1 saturated heterocycles. The van der Waals surface area contributed by atoms with Crippen LogP contribution in [0.3, 0.4) is 0 Å². The highest BCUT2D eigenvalue weighted by molar-refractivity contribution is 7.87. The van der Waals surface area contributed by atoms with Crippen molar-refractivity contribution < 1.29 is 64.2 Å². The van der Waals surface area contributed by atoms with Gasteiger partial charge < -0.3 is 24.1 Å². The van der Waals surface area contributed by atoms with Crippen molar-refractivity contribution in [3.8, 4) is 0 Å². The van der Waals surface area contributed by atoms with Crippen LogP contribution < -0.4 is 0 Å². The fourth-order valence-corrected chi connectivity index (χ4v) is 3.19. The topological polar surface area (TPSA) is 152 Å². The zero-order chi connectivity index (χ0) is 29.4. The Bertz CT molecular complexity index is 956. The van der Waals surface area contributed by atoms with E-state index in [1.807, 2.05) is 0 Å². The molecule has 37 heavy (non-hydrogen) atoms. The van der Waals surface area contributed by atoms with E-state index in [-0.39, 0.29) is 0 Å². The van der Waals surface area contributed by atoms with Crippen LogP contribution in [0, 0.1) is 16.2 Å². The van der Waals surface area contributed by atoms with Gasteiger partial charge in [0.05, 0.1) is 16.2 Å². The van der Waals surface area contributed by atoms with E-state index in [1.54, 1.807) is 0 Å². The van der Waals surface area contributed by atoms with Gasteiger partial charge in [0.15, 0.2) is 18.5 Å². The van der Waals surface area contributed by atoms with Crippen LogP contribution in [-0.2, 0) is 47.6 Å². The molecule has 0 saturated carbocycles. The molecule has 5 atom stereocenters. The molecule has 1 N–H and O–H groups in total. The second-order valence-electron chi connectivity index (χ2n) is 11.6. The lowest BCUT2D eigenvalue weighted by molar-refractivity contribution is -0.185. The fourth-order valence-electron chi connectivity index (χ4n) is 2.59. The van der Waals surface area contributed by atoms with E-state index in [1.165, 1.54) is 62.3 Å². The average Bonchev–Trinajstić information content (AvgIpc) is 2.97. The fraction of sp³-hybridized carbons (Fsp3) is 0.864. The quantitative estimate of drug-likeness (QED) is 0.210. The van der Waals surface area contributed by atoms with Crippen molar-refractivity contribution in [3.05, 3.63) is 0 Å². The molecule has 0 aromatic carbocycles. The van der Waals surface area contributed by atoms with E-state index in [4.69, 9.17) is 18.9 Å². The summed E-state index contributed by atoms with van der Waals surface area (Å²) in [4.78, 5) is 37.4. The molecule has 0 spiro atoms. The van der Waals surface area contributed by atoms with Crippen molar-refractivity contribution in [1.82, 2.24) is 0 Å². The van der Waals surface area contributed by atoms with Gasteiger partial charge in [-0.05, 0) is 62.3 Å². The van der Waals surface area contributed by atoms with E-state index in [2.05, 4.69) is 4.18 Å². The molecule has 11 nitrogen and oxygen atoms in total. The zero-order valence-electron chi connectivity index (χ0n) is 22.2. The number of carbonyl (C=O) groups is 3. The number of halogens is 3. The van der Waals surface area contributed by atoms with Crippen molar-refractivity contribution in [3.63, 3.8) is 0 Å². The number of carbonyl (C=O) groups excluding carboxylic acids is 3. The van der Waals surface area contributed by atoms with Crippen LogP contribution in [0.2, 0.25) is 0 Å². The molecule has 0 aromatic rings. The molecule has 1 rings (SSSR count). The predicted octanol–water partition coefficient (Wildman–Crippen LogP) is 2.44. The van der Waals surface area contributed by atoms with Crippen LogP contribution in [0.25, 0.3) is 0 Å². The van der Waals surface area contributed by atoms with Crippen molar-refractivity contribution in [2.24, 2.45) is 16.2 Å². The summed E-state index contributed by atoms with van der Waals surface area (Å²) in [6.45, 7) is 11.9.